The van der Waals surface area contributed by atoms with Crippen molar-refractivity contribution in [2.75, 3.05) is 20.6 Å². The topological polar surface area (TPSA) is 67.2 Å². The highest BCUT2D eigenvalue weighted by Crippen LogP contribution is 2.22. The number of thiophene rings is 2. The predicted molar refractivity (Wildman–Crippen MR) is 102 cm³/mol. The van der Waals surface area contributed by atoms with Gasteiger partial charge >= 0.3 is 0 Å². The molecule has 0 bridgehead atoms. The second kappa shape index (κ2) is 7.90. The zero-order valence-corrected chi connectivity index (χ0v) is 15.8. The lowest BCUT2D eigenvalue weighted by Gasteiger charge is -2.23. The third kappa shape index (κ3) is 4.15. The first kappa shape index (κ1) is 17.8. The number of amides is 1. The number of likely N-dealkylation sites (N-methyl/N-ethyl adjacent to an activating group) is 1. The van der Waals surface area contributed by atoms with Crippen molar-refractivity contribution < 1.29 is 4.79 Å². The summed E-state index contributed by atoms with van der Waals surface area (Å²) in [6, 6.07) is 6.01. The molecule has 3 aromatic heterocycles. The summed E-state index contributed by atoms with van der Waals surface area (Å²) in [5.41, 5.74) is -0.0937. The maximum atomic E-state index is 12.3. The summed E-state index contributed by atoms with van der Waals surface area (Å²) in [4.78, 5) is 32.8. The van der Waals surface area contributed by atoms with Crippen LogP contribution in [0.4, 0.5) is 0 Å². The van der Waals surface area contributed by atoms with E-state index in [-0.39, 0.29) is 23.9 Å². The molecule has 0 saturated heterocycles. The highest BCUT2D eigenvalue weighted by molar-refractivity contribution is 7.16. The maximum absolute atomic E-state index is 12.3. The first-order valence-corrected chi connectivity index (χ1v) is 9.71. The van der Waals surface area contributed by atoms with Crippen LogP contribution in [-0.4, -0.2) is 41.0 Å². The second-order valence-corrected chi connectivity index (χ2v) is 7.81. The van der Waals surface area contributed by atoms with Gasteiger partial charge in [-0.3, -0.25) is 14.2 Å². The van der Waals surface area contributed by atoms with Crippen molar-refractivity contribution in [3.8, 4) is 0 Å². The molecule has 3 heterocycles. The molecule has 0 aliphatic carbocycles. The molecule has 1 unspecified atom stereocenters. The zero-order valence-electron chi connectivity index (χ0n) is 14.1. The highest BCUT2D eigenvalue weighted by Gasteiger charge is 2.16. The molecule has 8 heteroatoms. The third-order valence-electron chi connectivity index (χ3n) is 4.02. The molecule has 0 spiro atoms. The van der Waals surface area contributed by atoms with Crippen LogP contribution in [0.5, 0.6) is 0 Å². The number of nitrogens with zero attached hydrogens (tertiary/aromatic N) is 3. The zero-order chi connectivity index (χ0) is 17.8. The van der Waals surface area contributed by atoms with E-state index < -0.39 is 0 Å². The third-order valence-corrected chi connectivity index (χ3v) is 5.81. The van der Waals surface area contributed by atoms with Crippen LogP contribution in [-0.2, 0) is 11.3 Å². The molecule has 1 N–H and O–H groups in total. The number of aromatic nitrogens is 2. The molecular weight excluding hydrogens is 356 g/mol. The van der Waals surface area contributed by atoms with Crippen molar-refractivity contribution in [3.63, 3.8) is 0 Å². The number of carbonyl (C=O) groups is 1. The number of hydrogen-bond acceptors (Lipinski definition) is 6. The average molecular weight is 377 g/mol. The number of fused-ring (bicyclic) bond motifs is 1. The van der Waals surface area contributed by atoms with Gasteiger partial charge in [-0.2, -0.15) is 0 Å². The van der Waals surface area contributed by atoms with E-state index in [0.717, 1.165) is 4.83 Å². The fourth-order valence-electron chi connectivity index (χ4n) is 2.59. The number of carbonyl (C=O) groups excluding carboxylic acids is 1. The molecule has 0 aliphatic heterocycles. The second-order valence-electron chi connectivity index (χ2n) is 5.93. The standard InChI is InChI=1S/C17H20N4O2S2/c1-20(2)13(14-4-3-8-24-14)10-18-15(22)5-7-21-11-19-16-12(17(21)23)6-9-25-16/h3-4,6,8-9,11,13H,5,7,10H2,1-2H3,(H,18,22). The fraction of sp³-hybridized carbons (Fsp3) is 0.353. The Labute approximate surface area is 153 Å². The minimum atomic E-state index is -0.0937. The van der Waals surface area contributed by atoms with Crippen LogP contribution in [0.1, 0.15) is 17.3 Å². The molecule has 25 heavy (non-hydrogen) atoms. The van der Waals surface area contributed by atoms with E-state index in [2.05, 4.69) is 21.3 Å². The van der Waals surface area contributed by atoms with Crippen LogP contribution in [0.3, 0.4) is 0 Å². The molecule has 6 nitrogen and oxygen atoms in total. The summed E-state index contributed by atoms with van der Waals surface area (Å²) in [7, 11) is 4.00. The smallest absolute Gasteiger partial charge is 0.262 e. The first-order valence-electron chi connectivity index (χ1n) is 7.95. The van der Waals surface area contributed by atoms with Crippen LogP contribution >= 0.6 is 22.7 Å². The summed E-state index contributed by atoms with van der Waals surface area (Å²) in [5.74, 6) is -0.0688. The number of hydrogen-bond donors (Lipinski definition) is 1. The van der Waals surface area contributed by atoms with Gasteiger partial charge in [0, 0.05) is 24.4 Å². The van der Waals surface area contributed by atoms with Crippen molar-refractivity contribution in [2.45, 2.75) is 19.0 Å². The Hall–Kier alpha value is -2.03. The van der Waals surface area contributed by atoms with Crippen LogP contribution in [0.25, 0.3) is 10.2 Å². The van der Waals surface area contributed by atoms with Gasteiger partial charge in [-0.05, 0) is 37.0 Å². The first-order chi connectivity index (χ1) is 12.1. The summed E-state index contributed by atoms with van der Waals surface area (Å²) >= 11 is 3.12. The van der Waals surface area contributed by atoms with E-state index in [0.29, 0.717) is 18.5 Å². The molecule has 0 aliphatic rings. The van der Waals surface area contributed by atoms with Gasteiger partial charge in [-0.25, -0.2) is 4.98 Å². The van der Waals surface area contributed by atoms with Gasteiger partial charge in [0.2, 0.25) is 5.91 Å². The molecule has 0 radical (unpaired) electrons. The average Bonchev–Trinajstić information content (AvgIpc) is 3.26. The Kier molecular flexibility index (Phi) is 5.62. The van der Waals surface area contributed by atoms with Crippen molar-refractivity contribution in [1.29, 1.82) is 0 Å². The quantitative estimate of drug-likeness (QED) is 0.687. The lowest BCUT2D eigenvalue weighted by atomic mass is 10.2. The molecule has 1 atom stereocenters. The van der Waals surface area contributed by atoms with Gasteiger partial charge in [0.25, 0.3) is 5.56 Å². The van der Waals surface area contributed by atoms with Crippen LogP contribution < -0.4 is 10.9 Å². The Bertz CT molecular complexity index is 899. The summed E-state index contributed by atoms with van der Waals surface area (Å²) < 4.78 is 1.50. The van der Waals surface area contributed by atoms with Gasteiger partial charge in [0.15, 0.2) is 0 Å². The van der Waals surface area contributed by atoms with E-state index in [1.807, 2.05) is 30.9 Å². The summed E-state index contributed by atoms with van der Waals surface area (Å²) in [6.07, 6.45) is 1.77. The Morgan fingerprint density at radius 3 is 2.88 bits per heavy atom. The van der Waals surface area contributed by atoms with Gasteiger partial charge in [-0.1, -0.05) is 6.07 Å². The molecular formula is C17H20N4O2S2. The van der Waals surface area contributed by atoms with E-state index in [1.165, 1.54) is 27.1 Å². The monoisotopic (exact) mass is 376 g/mol. The van der Waals surface area contributed by atoms with E-state index in [1.54, 1.807) is 17.4 Å². The predicted octanol–water partition coefficient (Wildman–Crippen LogP) is 2.33. The number of rotatable bonds is 7. The van der Waals surface area contributed by atoms with E-state index >= 15 is 0 Å². The van der Waals surface area contributed by atoms with Gasteiger partial charge < -0.3 is 10.2 Å². The van der Waals surface area contributed by atoms with Crippen LogP contribution in [0.15, 0.2) is 40.1 Å². The molecule has 1 amide bonds. The lowest BCUT2D eigenvalue weighted by molar-refractivity contribution is -0.121. The van der Waals surface area contributed by atoms with E-state index in [9.17, 15) is 9.59 Å². The summed E-state index contributed by atoms with van der Waals surface area (Å²) in [5, 5.41) is 7.46. The molecule has 0 fully saturated rings. The van der Waals surface area contributed by atoms with Crippen molar-refractivity contribution in [1.82, 2.24) is 19.8 Å². The largest absolute Gasteiger partial charge is 0.354 e. The normalized spacial score (nSPS) is 12.6. The fourth-order valence-corrected chi connectivity index (χ4v) is 4.24. The Morgan fingerprint density at radius 1 is 1.32 bits per heavy atom. The van der Waals surface area contributed by atoms with Gasteiger partial charge in [0.05, 0.1) is 17.8 Å². The van der Waals surface area contributed by atoms with Crippen LogP contribution in [0, 0.1) is 0 Å². The highest BCUT2D eigenvalue weighted by atomic mass is 32.1. The molecule has 0 aromatic carbocycles. The lowest BCUT2D eigenvalue weighted by Crippen LogP contribution is -2.35. The Balaban J connectivity index is 1.57. The van der Waals surface area contributed by atoms with Crippen molar-refractivity contribution in [2.24, 2.45) is 0 Å². The van der Waals surface area contributed by atoms with Crippen molar-refractivity contribution >= 4 is 38.8 Å². The summed E-state index contributed by atoms with van der Waals surface area (Å²) in [6.45, 7) is 0.873. The molecule has 0 saturated carbocycles. The SMILES string of the molecule is CN(C)C(CNC(=O)CCn1cnc2sccc2c1=O)c1cccs1. The van der Waals surface area contributed by atoms with E-state index in [4.69, 9.17) is 0 Å². The Morgan fingerprint density at radius 2 is 2.16 bits per heavy atom. The minimum absolute atomic E-state index is 0.0688. The number of aryl methyl sites for hydroxylation is 1. The van der Waals surface area contributed by atoms with Gasteiger partial charge in [-0.15, -0.1) is 22.7 Å². The van der Waals surface area contributed by atoms with Gasteiger partial charge in [0.1, 0.15) is 4.83 Å². The van der Waals surface area contributed by atoms with Crippen molar-refractivity contribution in [3.05, 3.63) is 50.5 Å². The molecule has 3 rings (SSSR count). The minimum Gasteiger partial charge on any atom is -0.354 e. The molecule has 3 aromatic rings. The molecule has 132 valence electrons. The maximum Gasteiger partial charge on any atom is 0.262 e. The van der Waals surface area contributed by atoms with Crippen LogP contribution in [0.2, 0.25) is 0 Å². The number of nitrogens with one attached hydrogen (secondary N) is 1.